The van der Waals surface area contributed by atoms with Crippen LogP contribution in [0.15, 0.2) is 78.9 Å². The zero-order valence-corrected chi connectivity index (χ0v) is 23.6. The molecule has 4 rings (SSSR count). The molecule has 1 saturated heterocycles. The molecule has 0 unspecified atom stereocenters. The van der Waals surface area contributed by atoms with Gasteiger partial charge < -0.3 is 30.4 Å². The lowest BCUT2D eigenvalue weighted by atomic mass is 9.99. The number of carboxylic acids is 4. The summed E-state index contributed by atoms with van der Waals surface area (Å²) in [5.41, 5.74) is 1.77. The van der Waals surface area contributed by atoms with Gasteiger partial charge in [0.25, 0.3) is 0 Å². The van der Waals surface area contributed by atoms with Crippen LogP contribution in [-0.4, -0.2) is 98.6 Å². The molecule has 0 atom stereocenters. The van der Waals surface area contributed by atoms with E-state index in [1.165, 1.54) is 12.1 Å². The molecule has 3 aromatic rings. The monoisotopic (exact) mass is 633 g/mol. The molecule has 1 aliphatic heterocycles. The van der Waals surface area contributed by atoms with Crippen molar-refractivity contribution in [1.29, 1.82) is 0 Å². The lowest BCUT2D eigenvalue weighted by Crippen LogP contribution is -2.47. The van der Waals surface area contributed by atoms with Gasteiger partial charge in [0.1, 0.15) is 5.82 Å². The predicted molar refractivity (Wildman–Crippen MR) is 157 cm³/mol. The molecule has 5 N–H and O–H groups in total. The first kappa shape index (κ1) is 35.9. The quantitative estimate of drug-likeness (QED) is 0.228. The summed E-state index contributed by atoms with van der Waals surface area (Å²) in [6.07, 6.45) is -2.12. The van der Waals surface area contributed by atoms with E-state index >= 15 is 0 Å². The number of nitrogens with zero attached hydrogens (tertiary/aromatic N) is 3. The number of alkyl halides is 3. The fraction of sp³-hybridized carbons (Fsp3) is 0.233. The highest BCUT2D eigenvalue weighted by Gasteiger charge is 2.30. The van der Waals surface area contributed by atoms with Crippen LogP contribution >= 0.6 is 0 Å². The molecule has 0 radical (unpaired) electrons. The van der Waals surface area contributed by atoms with Gasteiger partial charge in [-0.3, -0.25) is 4.90 Å². The number of hydrogen-bond acceptors (Lipinski definition) is 8. The highest BCUT2D eigenvalue weighted by molar-refractivity contribution is 5.96. The third kappa shape index (κ3) is 12.5. The van der Waals surface area contributed by atoms with Crippen LogP contribution in [0.25, 0.3) is 22.0 Å². The molecule has 2 aromatic carbocycles. The maximum absolute atomic E-state index is 12.9. The zero-order valence-electron chi connectivity index (χ0n) is 23.6. The molecule has 1 fully saturated rings. The molecule has 0 bridgehead atoms. The second-order valence-electron chi connectivity index (χ2n) is 9.19. The number of carboxylic acid groups (broad SMARTS) is 4. The number of aliphatic carboxylic acids is 4. The van der Waals surface area contributed by atoms with Crippen LogP contribution in [0.1, 0.15) is 5.56 Å². The van der Waals surface area contributed by atoms with Gasteiger partial charge in [0, 0.05) is 62.4 Å². The summed E-state index contributed by atoms with van der Waals surface area (Å²) in [6.45, 7) is 4.06. The molecule has 1 aliphatic rings. The molecule has 15 heteroatoms. The van der Waals surface area contributed by atoms with Crippen molar-refractivity contribution in [3.8, 4) is 11.1 Å². The first-order chi connectivity index (χ1) is 21.2. The Kier molecular flexibility index (Phi) is 13.7. The van der Waals surface area contributed by atoms with Crippen molar-refractivity contribution < 1.29 is 57.9 Å². The Morgan fingerprint density at radius 3 is 1.69 bits per heavy atom. The molecule has 0 spiro atoms. The van der Waals surface area contributed by atoms with Crippen LogP contribution in [-0.2, 0) is 25.4 Å². The van der Waals surface area contributed by atoms with Crippen molar-refractivity contribution >= 4 is 40.6 Å². The normalized spacial score (nSPS) is 13.6. The van der Waals surface area contributed by atoms with Gasteiger partial charge in [0.05, 0.1) is 17.7 Å². The SMILES string of the molecule is O=C(O)/C=C\C(=O)O.O=C(O)/C=C\C(=O)O.OCCN1CCN(c2cc(-c3ccc(C(F)(F)F)cc3)c3ccccc3n2)CC1. The van der Waals surface area contributed by atoms with E-state index in [-0.39, 0.29) is 6.61 Å². The number of fused-ring (bicyclic) bond motifs is 1. The van der Waals surface area contributed by atoms with Crippen LogP contribution in [0.2, 0.25) is 0 Å². The summed E-state index contributed by atoms with van der Waals surface area (Å²) in [7, 11) is 0. The number of hydrogen-bond donors (Lipinski definition) is 5. The number of anilines is 1. The smallest absolute Gasteiger partial charge is 0.416 e. The lowest BCUT2D eigenvalue weighted by molar-refractivity contribution is -0.137. The van der Waals surface area contributed by atoms with Crippen molar-refractivity contribution in [2.75, 3.05) is 44.2 Å². The minimum atomic E-state index is -4.35. The van der Waals surface area contributed by atoms with E-state index in [1.807, 2.05) is 30.3 Å². The molecule has 12 nitrogen and oxygen atoms in total. The largest absolute Gasteiger partial charge is 0.478 e. The number of piperazine rings is 1. The number of aromatic nitrogens is 1. The summed E-state index contributed by atoms with van der Waals surface area (Å²) in [4.78, 5) is 47.4. The highest BCUT2D eigenvalue weighted by Crippen LogP contribution is 2.34. The van der Waals surface area contributed by atoms with Gasteiger partial charge in [0.15, 0.2) is 0 Å². The summed E-state index contributed by atoms with van der Waals surface area (Å²) < 4.78 is 38.8. The van der Waals surface area contributed by atoms with Crippen molar-refractivity contribution in [3.63, 3.8) is 0 Å². The number of benzene rings is 2. The van der Waals surface area contributed by atoms with E-state index in [0.29, 0.717) is 30.8 Å². The van der Waals surface area contributed by atoms with Crippen molar-refractivity contribution in [1.82, 2.24) is 9.88 Å². The van der Waals surface area contributed by atoms with Crippen LogP contribution in [0.4, 0.5) is 19.0 Å². The summed E-state index contributed by atoms with van der Waals surface area (Å²) in [5.74, 6) is -4.21. The predicted octanol–water partition coefficient (Wildman–Crippen LogP) is 3.46. The number of halogens is 3. The van der Waals surface area contributed by atoms with Gasteiger partial charge in [-0.15, -0.1) is 0 Å². The first-order valence-electron chi connectivity index (χ1n) is 13.1. The number of aliphatic hydroxyl groups excluding tert-OH is 1. The highest BCUT2D eigenvalue weighted by atomic mass is 19.4. The van der Waals surface area contributed by atoms with Gasteiger partial charge in [0.2, 0.25) is 0 Å². The second-order valence-corrected chi connectivity index (χ2v) is 9.19. The maximum Gasteiger partial charge on any atom is 0.416 e. The van der Waals surface area contributed by atoms with E-state index in [0.717, 1.165) is 66.2 Å². The molecular formula is C30H30F3N3O9. The van der Waals surface area contributed by atoms with Gasteiger partial charge in [-0.1, -0.05) is 30.3 Å². The lowest BCUT2D eigenvalue weighted by Gasteiger charge is -2.35. The Morgan fingerprint density at radius 1 is 0.756 bits per heavy atom. The molecule has 1 aromatic heterocycles. The van der Waals surface area contributed by atoms with E-state index in [4.69, 9.17) is 30.5 Å². The minimum Gasteiger partial charge on any atom is -0.478 e. The number of carbonyl (C=O) groups is 4. The average Bonchev–Trinajstić information content (AvgIpc) is 2.99. The Balaban J connectivity index is 0.000000365. The van der Waals surface area contributed by atoms with Gasteiger partial charge in [-0.25, -0.2) is 24.2 Å². The molecule has 240 valence electrons. The van der Waals surface area contributed by atoms with Crippen LogP contribution in [0, 0.1) is 0 Å². The molecule has 0 saturated carbocycles. The van der Waals surface area contributed by atoms with E-state index in [9.17, 15) is 32.3 Å². The standard InChI is InChI=1S/C22H22F3N3O.2C4H4O4/c23-22(24,25)17-7-5-16(6-8-17)19-15-21(26-20-4-2-1-3-18(19)20)28-11-9-27(10-12-28)13-14-29;2*5-3(6)1-2-4(7)8/h1-8,15,29H,9-14H2;2*1-2H,(H,5,6)(H,7,8)/b;2*2-1-. The first-order valence-corrected chi connectivity index (χ1v) is 13.1. The minimum absolute atomic E-state index is 0.145. The van der Waals surface area contributed by atoms with E-state index < -0.39 is 35.6 Å². The van der Waals surface area contributed by atoms with E-state index in [2.05, 4.69) is 9.80 Å². The van der Waals surface area contributed by atoms with Crippen LogP contribution in [0.5, 0.6) is 0 Å². The number of para-hydroxylation sites is 1. The van der Waals surface area contributed by atoms with Crippen LogP contribution in [0.3, 0.4) is 0 Å². The summed E-state index contributed by atoms with van der Waals surface area (Å²) >= 11 is 0. The third-order valence-corrected chi connectivity index (χ3v) is 6.08. The fourth-order valence-corrected chi connectivity index (χ4v) is 4.03. The zero-order chi connectivity index (χ0) is 33.6. The van der Waals surface area contributed by atoms with Crippen LogP contribution < -0.4 is 4.90 Å². The number of aliphatic hydroxyl groups is 1. The summed E-state index contributed by atoms with van der Waals surface area (Å²) in [5, 5.41) is 41.3. The van der Waals surface area contributed by atoms with Gasteiger partial charge in [-0.05, 0) is 35.4 Å². The topological polar surface area (TPSA) is 189 Å². The number of rotatable bonds is 8. The number of pyridine rings is 1. The second kappa shape index (κ2) is 17.1. The van der Waals surface area contributed by atoms with E-state index in [1.54, 1.807) is 0 Å². The van der Waals surface area contributed by atoms with Gasteiger partial charge in [-0.2, -0.15) is 13.2 Å². The third-order valence-electron chi connectivity index (χ3n) is 6.08. The molecule has 0 amide bonds. The van der Waals surface area contributed by atoms with Crippen molar-refractivity contribution in [2.45, 2.75) is 6.18 Å². The Hall–Kier alpha value is -5.28. The summed E-state index contributed by atoms with van der Waals surface area (Å²) in [6, 6.07) is 14.9. The Bertz CT molecular complexity index is 1470. The molecule has 2 heterocycles. The Labute approximate surface area is 254 Å². The Morgan fingerprint density at radius 2 is 1.24 bits per heavy atom. The fourth-order valence-electron chi connectivity index (χ4n) is 4.03. The van der Waals surface area contributed by atoms with Crippen molar-refractivity contribution in [2.24, 2.45) is 0 Å². The average molecular weight is 634 g/mol. The molecule has 45 heavy (non-hydrogen) atoms. The molecule has 0 aliphatic carbocycles. The molecular weight excluding hydrogens is 603 g/mol. The maximum atomic E-state index is 12.9. The number of β-amino-alcohol motifs (C(OH)–C–C–N with tert-alkyl or cyclic N) is 1. The van der Waals surface area contributed by atoms with Crippen molar-refractivity contribution in [3.05, 3.63) is 84.5 Å². The van der Waals surface area contributed by atoms with Gasteiger partial charge >= 0.3 is 30.1 Å².